The lowest BCUT2D eigenvalue weighted by molar-refractivity contribution is -0.124. The Hall–Kier alpha value is -1.84. The Morgan fingerprint density at radius 1 is 1.19 bits per heavy atom. The number of carbonyl (C=O) groups is 2. The Morgan fingerprint density at radius 3 is 2.75 bits per heavy atom. The number of imide groups is 1. The molecule has 0 bridgehead atoms. The van der Waals surface area contributed by atoms with Crippen LogP contribution in [-0.2, 0) is 16.8 Å². The van der Waals surface area contributed by atoms with Gasteiger partial charge in [0.2, 0.25) is 0 Å². The Morgan fingerprint density at radius 2 is 2.00 bits per heavy atom. The number of hydrogen-bond donors (Lipinski definition) is 2. The van der Waals surface area contributed by atoms with Gasteiger partial charge in [0.1, 0.15) is 5.54 Å². The molecule has 1 aliphatic carbocycles. The van der Waals surface area contributed by atoms with Crippen LogP contribution in [0, 0.1) is 0 Å². The van der Waals surface area contributed by atoms with Crippen LogP contribution in [0.3, 0.4) is 0 Å². The fourth-order valence-corrected chi connectivity index (χ4v) is 2.69. The van der Waals surface area contributed by atoms with Gasteiger partial charge < -0.3 is 5.32 Å². The van der Waals surface area contributed by atoms with Crippen molar-refractivity contribution in [2.45, 2.75) is 24.8 Å². The van der Waals surface area contributed by atoms with E-state index in [9.17, 15) is 9.59 Å². The molecule has 1 heterocycles. The zero-order chi connectivity index (χ0) is 11.2. The van der Waals surface area contributed by atoms with E-state index in [1.807, 2.05) is 24.3 Å². The molecule has 4 heteroatoms. The van der Waals surface area contributed by atoms with Crippen LogP contribution in [0.15, 0.2) is 24.3 Å². The predicted molar refractivity (Wildman–Crippen MR) is 57.7 cm³/mol. The molecule has 0 unspecified atom stereocenters. The number of benzene rings is 1. The number of urea groups is 1. The summed E-state index contributed by atoms with van der Waals surface area (Å²) in [6, 6.07) is 7.44. The van der Waals surface area contributed by atoms with Gasteiger partial charge in [-0.1, -0.05) is 24.3 Å². The van der Waals surface area contributed by atoms with Gasteiger partial charge in [-0.25, -0.2) is 4.79 Å². The third-order valence-corrected chi connectivity index (χ3v) is 3.42. The molecule has 1 aliphatic heterocycles. The molecule has 1 aromatic carbocycles. The topological polar surface area (TPSA) is 58.2 Å². The Bertz CT molecular complexity index is 484. The lowest BCUT2D eigenvalue weighted by Crippen LogP contribution is -2.46. The second-order valence-electron chi connectivity index (χ2n) is 4.32. The SMILES string of the molecule is O=C1NC(=O)[C@@]2(CCCc3ccccc32)N1. The molecule has 1 fully saturated rings. The van der Waals surface area contributed by atoms with Gasteiger partial charge in [0.05, 0.1) is 0 Å². The van der Waals surface area contributed by atoms with Gasteiger partial charge in [-0.05, 0) is 30.4 Å². The third kappa shape index (κ3) is 1.10. The highest BCUT2D eigenvalue weighted by Gasteiger charge is 2.49. The Labute approximate surface area is 93.0 Å². The molecule has 0 aromatic heterocycles. The van der Waals surface area contributed by atoms with Gasteiger partial charge in [0.25, 0.3) is 5.91 Å². The molecular formula is C12H12N2O2. The summed E-state index contributed by atoms with van der Waals surface area (Å²) in [5.74, 6) is -0.218. The molecule has 3 rings (SSSR count). The summed E-state index contributed by atoms with van der Waals surface area (Å²) >= 11 is 0. The molecule has 0 saturated carbocycles. The molecule has 3 amide bonds. The summed E-state index contributed by atoms with van der Waals surface area (Å²) in [4.78, 5) is 23.2. The zero-order valence-electron chi connectivity index (χ0n) is 8.75. The molecule has 1 saturated heterocycles. The maximum Gasteiger partial charge on any atom is 0.322 e. The average molecular weight is 216 g/mol. The number of rotatable bonds is 0. The van der Waals surface area contributed by atoms with Crippen LogP contribution in [-0.4, -0.2) is 11.9 Å². The van der Waals surface area contributed by atoms with Gasteiger partial charge >= 0.3 is 6.03 Å². The van der Waals surface area contributed by atoms with E-state index < -0.39 is 5.54 Å². The average Bonchev–Trinajstić information content (AvgIpc) is 2.55. The van der Waals surface area contributed by atoms with E-state index in [1.165, 1.54) is 0 Å². The minimum absolute atomic E-state index is 0.218. The molecule has 1 aromatic rings. The van der Waals surface area contributed by atoms with Crippen molar-refractivity contribution < 1.29 is 9.59 Å². The first-order valence-corrected chi connectivity index (χ1v) is 5.44. The van der Waals surface area contributed by atoms with E-state index in [2.05, 4.69) is 10.6 Å². The normalized spacial score (nSPS) is 27.5. The van der Waals surface area contributed by atoms with Gasteiger partial charge in [0, 0.05) is 0 Å². The molecule has 16 heavy (non-hydrogen) atoms. The van der Waals surface area contributed by atoms with Crippen molar-refractivity contribution in [3.63, 3.8) is 0 Å². The smallest absolute Gasteiger partial charge is 0.319 e. The van der Waals surface area contributed by atoms with Crippen LogP contribution in [0.5, 0.6) is 0 Å². The monoisotopic (exact) mass is 216 g/mol. The number of fused-ring (bicyclic) bond motifs is 2. The van der Waals surface area contributed by atoms with Crippen molar-refractivity contribution in [2.75, 3.05) is 0 Å². The minimum atomic E-state index is -0.814. The van der Waals surface area contributed by atoms with E-state index in [-0.39, 0.29) is 11.9 Å². The molecule has 1 spiro atoms. The van der Waals surface area contributed by atoms with Crippen molar-refractivity contribution in [1.82, 2.24) is 10.6 Å². The number of aryl methyl sites for hydroxylation is 1. The highest BCUT2D eigenvalue weighted by Crippen LogP contribution is 2.37. The van der Waals surface area contributed by atoms with Gasteiger partial charge in [0.15, 0.2) is 0 Å². The van der Waals surface area contributed by atoms with Crippen LogP contribution in [0.1, 0.15) is 24.0 Å². The van der Waals surface area contributed by atoms with Crippen molar-refractivity contribution in [3.05, 3.63) is 35.4 Å². The summed E-state index contributed by atoms with van der Waals surface area (Å²) in [5, 5.41) is 5.10. The van der Waals surface area contributed by atoms with Gasteiger partial charge in [-0.3, -0.25) is 10.1 Å². The summed E-state index contributed by atoms with van der Waals surface area (Å²) in [5.41, 5.74) is 1.29. The van der Waals surface area contributed by atoms with Crippen LogP contribution in [0.2, 0.25) is 0 Å². The first-order chi connectivity index (χ1) is 7.72. The summed E-state index contributed by atoms with van der Waals surface area (Å²) < 4.78 is 0. The summed E-state index contributed by atoms with van der Waals surface area (Å²) in [6.45, 7) is 0. The molecule has 0 radical (unpaired) electrons. The third-order valence-electron chi connectivity index (χ3n) is 3.42. The first-order valence-electron chi connectivity index (χ1n) is 5.44. The van der Waals surface area contributed by atoms with E-state index >= 15 is 0 Å². The fourth-order valence-electron chi connectivity index (χ4n) is 2.69. The van der Waals surface area contributed by atoms with Crippen molar-refractivity contribution in [3.8, 4) is 0 Å². The van der Waals surface area contributed by atoms with Crippen LogP contribution in [0.25, 0.3) is 0 Å². The number of nitrogens with one attached hydrogen (secondary N) is 2. The summed E-state index contributed by atoms with van der Waals surface area (Å²) in [7, 11) is 0. The largest absolute Gasteiger partial charge is 0.322 e. The van der Waals surface area contributed by atoms with Crippen molar-refractivity contribution >= 4 is 11.9 Å². The number of amides is 3. The first kappa shape index (κ1) is 9.39. The Balaban J connectivity index is 2.17. The Kier molecular flexibility index (Phi) is 1.80. The van der Waals surface area contributed by atoms with E-state index in [0.29, 0.717) is 6.42 Å². The highest BCUT2D eigenvalue weighted by molar-refractivity contribution is 6.07. The predicted octanol–water partition coefficient (Wildman–Crippen LogP) is 1.06. The fraction of sp³-hybridized carbons (Fsp3) is 0.333. The number of hydrogen-bond acceptors (Lipinski definition) is 2. The van der Waals surface area contributed by atoms with E-state index in [0.717, 1.165) is 24.0 Å². The quantitative estimate of drug-likeness (QED) is 0.637. The maximum atomic E-state index is 11.9. The molecule has 82 valence electrons. The van der Waals surface area contributed by atoms with Crippen LogP contribution in [0.4, 0.5) is 4.79 Å². The van der Waals surface area contributed by atoms with Crippen LogP contribution >= 0.6 is 0 Å². The molecule has 4 nitrogen and oxygen atoms in total. The second kappa shape index (κ2) is 3.07. The standard InChI is InChI=1S/C12H12N2O2/c15-10-12(14-11(16)13-10)7-3-5-8-4-1-2-6-9(8)12/h1-2,4,6H,3,5,7H2,(H2,13,14,15,16)/t12-/m0/s1. The van der Waals surface area contributed by atoms with E-state index in [4.69, 9.17) is 0 Å². The minimum Gasteiger partial charge on any atom is -0.319 e. The lowest BCUT2D eigenvalue weighted by Gasteiger charge is -2.32. The van der Waals surface area contributed by atoms with Crippen LogP contribution < -0.4 is 10.6 Å². The van der Waals surface area contributed by atoms with Crippen molar-refractivity contribution in [2.24, 2.45) is 0 Å². The maximum absolute atomic E-state index is 11.9. The van der Waals surface area contributed by atoms with Gasteiger partial charge in [-0.2, -0.15) is 0 Å². The molecule has 1 atom stereocenters. The highest BCUT2D eigenvalue weighted by atomic mass is 16.2. The molecule has 2 N–H and O–H groups in total. The second-order valence-corrected chi connectivity index (χ2v) is 4.32. The zero-order valence-corrected chi connectivity index (χ0v) is 8.75. The molecular weight excluding hydrogens is 204 g/mol. The van der Waals surface area contributed by atoms with Crippen molar-refractivity contribution in [1.29, 1.82) is 0 Å². The van der Waals surface area contributed by atoms with E-state index in [1.54, 1.807) is 0 Å². The summed E-state index contributed by atoms with van der Waals surface area (Å²) in [6.07, 6.45) is 2.58. The lowest BCUT2D eigenvalue weighted by atomic mass is 9.76. The van der Waals surface area contributed by atoms with Gasteiger partial charge in [-0.15, -0.1) is 0 Å². The molecule has 2 aliphatic rings. The number of carbonyl (C=O) groups excluding carboxylic acids is 2.